The maximum absolute atomic E-state index is 6.14. The molecule has 0 saturated carbocycles. The average Bonchev–Trinajstić information content (AvgIpc) is 2.17. The number of hydrogen-bond donors (Lipinski definition) is 0. The van der Waals surface area contributed by atoms with E-state index in [2.05, 4.69) is 12.8 Å². The molecule has 0 amide bonds. The van der Waals surface area contributed by atoms with Gasteiger partial charge in [-0.05, 0) is 30.0 Å². The lowest BCUT2D eigenvalue weighted by molar-refractivity contribution is 0.629. The van der Waals surface area contributed by atoms with Crippen molar-refractivity contribution in [2.45, 2.75) is 32.1 Å². The fourth-order valence-corrected chi connectivity index (χ4v) is 2.25. The summed E-state index contributed by atoms with van der Waals surface area (Å²) in [5.41, 5.74) is 1.11. The quantitative estimate of drug-likeness (QED) is 0.657. The van der Waals surface area contributed by atoms with E-state index in [0.29, 0.717) is 10.9 Å². The van der Waals surface area contributed by atoms with Crippen molar-refractivity contribution in [1.82, 2.24) is 0 Å². The first-order valence-corrected chi connectivity index (χ1v) is 5.83. The molecule has 0 fully saturated rings. The third kappa shape index (κ3) is 3.45. The van der Waals surface area contributed by atoms with Crippen molar-refractivity contribution >= 4 is 23.2 Å². The summed E-state index contributed by atoms with van der Waals surface area (Å²) in [6.45, 7) is 2.15. The normalized spacial score (nSPS) is 12.1. The Morgan fingerprint density at radius 3 is 2.67 bits per heavy atom. The number of halogens is 2. The largest absolute Gasteiger partial charge is 0.120 e. The van der Waals surface area contributed by atoms with Gasteiger partial charge in [0.25, 0.3) is 0 Å². The van der Waals surface area contributed by atoms with Gasteiger partial charge in [0.1, 0.15) is 0 Å². The average molecular weight is 241 g/mol. The SMILES string of the molecule is C#CCC(CCC)c1ccc(Cl)cc1Cl. The topological polar surface area (TPSA) is 0 Å². The van der Waals surface area contributed by atoms with Gasteiger partial charge in [0, 0.05) is 16.5 Å². The highest BCUT2D eigenvalue weighted by Gasteiger charge is 2.12. The summed E-state index contributed by atoms with van der Waals surface area (Å²) in [6, 6.07) is 5.61. The molecule has 80 valence electrons. The molecule has 0 N–H and O–H groups in total. The Labute approximate surface area is 102 Å². The van der Waals surface area contributed by atoms with Gasteiger partial charge in [-0.2, -0.15) is 0 Å². The molecule has 0 aliphatic heterocycles. The summed E-state index contributed by atoms with van der Waals surface area (Å²) in [4.78, 5) is 0. The molecule has 1 unspecified atom stereocenters. The summed E-state index contributed by atoms with van der Waals surface area (Å²) in [5, 5.41) is 1.39. The van der Waals surface area contributed by atoms with E-state index in [0.717, 1.165) is 29.8 Å². The molecule has 0 aliphatic carbocycles. The molecule has 0 nitrogen and oxygen atoms in total. The molecular formula is C13H14Cl2. The van der Waals surface area contributed by atoms with Crippen LogP contribution in [0.5, 0.6) is 0 Å². The van der Waals surface area contributed by atoms with Crippen molar-refractivity contribution in [3.63, 3.8) is 0 Å². The van der Waals surface area contributed by atoms with Crippen molar-refractivity contribution < 1.29 is 0 Å². The first-order chi connectivity index (χ1) is 7.19. The molecule has 0 radical (unpaired) electrons. The third-order valence-electron chi connectivity index (χ3n) is 2.40. The highest BCUT2D eigenvalue weighted by molar-refractivity contribution is 6.35. The minimum absolute atomic E-state index is 0.352. The molecule has 0 saturated heterocycles. The fraction of sp³-hybridized carbons (Fsp3) is 0.385. The van der Waals surface area contributed by atoms with Crippen molar-refractivity contribution in [2.24, 2.45) is 0 Å². The van der Waals surface area contributed by atoms with E-state index < -0.39 is 0 Å². The van der Waals surface area contributed by atoms with Crippen molar-refractivity contribution in [2.75, 3.05) is 0 Å². The van der Waals surface area contributed by atoms with Gasteiger partial charge in [-0.25, -0.2) is 0 Å². The van der Waals surface area contributed by atoms with E-state index in [1.165, 1.54) is 0 Å². The zero-order valence-corrected chi connectivity index (χ0v) is 10.3. The van der Waals surface area contributed by atoms with Crippen LogP contribution in [0, 0.1) is 12.3 Å². The summed E-state index contributed by atoms with van der Waals surface area (Å²) in [7, 11) is 0. The number of hydrogen-bond acceptors (Lipinski definition) is 0. The van der Waals surface area contributed by atoms with E-state index >= 15 is 0 Å². The van der Waals surface area contributed by atoms with Gasteiger partial charge in [-0.1, -0.05) is 42.6 Å². The van der Waals surface area contributed by atoms with E-state index in [9.17, 15) is 0 Å². The van der Waals surface area contributed by atoms with Crippen LogP contribution in [0.4, 0.5) is 0 Å². The maximum atomic E-state index is 6.14. The fourth-order valence-electron chi connectivity index (χ4n) is 1.69. The van der Waals surface area contributed by atoms with Crippen LogP contribution >= 0.6 is 23.2 Å². The molecule has 1 aromatic carbocycles. The molecule has 1 aromatic rings. The van der Waals surface area contributed by atoms with Crippen LogP contribution in [-0.2, 0) is 0 Å². The molecule has 0 bridgehead atoms. The van der Waals surface area contributed by atoms with Crippen molar-refractivity contribution in [3.05, 3.63) is 33.8 Å². The zero-order chi connectivity index (χ0) is 11.3. The van der Waals surface area contributed by atoms with E-state index in [1.807, 2.05) is 12.1 Å². The maximum Gasteiger partial charge on any atom is 0.0455 e. The Morgan fingerprint density at radius 1 is 1.40 bits per heavy atom. The van der Waals surface area contributed by atoms with Crippen molar-refractivity contribution in [3.8, 4) is 12.3 Å². The van der Waals surface area contributed by atoms with E-state index in [-0.39, 0.29) is 0 Å². The highest BCUT2D eigenvalue weighted by atomic mass is 35.5. The highest BCUT2D eigenvalue weighted by Crippen LogP contribution is 2.32. The van der Waals surface area contributed by atoms with Gasteiger partial charge in [0.15, 0.2) is 0 Å². The van der Waals surface area contributed by atoms with E-state index in [1.54, 1.807) is 6.07 Å². The van der Waals surface area contributed by atoms with Crippen LogP contribution in [0.1, 0.15) is 37.7 Å². The molecule has 2 heteroatoms. The summed E-state index contributed by atoms with van der Waals surface area (Å²) in [5.74, 6) is 3.05. The van der Waals surface area contributed by atoms with Crippen LogP contribution in [0.25, 0.3) is 0 Å². The Bertz CT molecular complexity index is 363. The summed E-state index contributed by atoms with van der Waals surface area (Å²) in [6.07, 6.45) is 8.25. The second kappa shape index (κ2) is 6.05. The molecule has 1 rings (SSSR count). The molecule has 0 aliphatic rings. The molecule has 0 aromatic heterocycles. The lowest BCUT2D eigenvalue weighted by atomic mass is 9.92. The van der Waals surface area contributed by atoms with Crippen LogP contribution in [-0.4, -0.2) is 0 Å². The Morgan fingerprint density at radius 2 is 2.13 bits per heavy atom. The van der Waals surface area contributed by atoms with E-state index in [4.69, 9.17) is 29.6 Å². The zero-order valence-electron chi connectivity index (χ0n) is 8.76. The third-order valence-corrected chi connectivity index (χ3v) is 2.97. The second-order valence-corrected chi connectivity index (χ2v) is 4.40. The minimum atomic E-state index is 0.352. The first kappa shape index (κ1) is 12.4. The van der Waals surface area contributed by atoms with Crippen LogP contribution in [0.3, 0.4) is 0 Å². The van der Waals surface area contributed by atoms with Gasteiger partial charge < -0.3 is 0 Å². The monoisotopic (exact) mass is 240 g/mol. The van der Waals surface area contributed by atoms with Crippen LogP contribution in [0.15, 0.2) is 18.2 Å². The number of rotatable bonds is 4. The standard InChI is InChI=1S/C13H14Cl2/c1-3-5-10(6-4-2)12-8-7-11(14)9-13(12)15/h1,7-10H,4-6H2,2H3. The number of terminal acetylenes is 1. The van der Waals surface area contributed by atoms with Gasteiger partial charge in [0.05, 0.1) is 0 Å². The Kier molecular flexibility index (Phi) is 5.02. The predicted octanol–water partition coefficient (Wildman–Crippen LogP) is 4.90. The molecular weight excluding hydrogens is 227 g/mol. The molecule has 1 atom stereocenters. The molecule has 0 heterocycles. The minimum Gasteiger partial charge on any atom is -0.120 e. The smallest absolute Gasteiger partial charge is 0.0455 e. The lowest BCUT2D eigenvalue weighted by Gasteiger charge is -2.15. The molecule has 15 heavy (non-hydrogen) atoms. The predicted molar refractivity (Wildman–Crippen MR) is 67.6 cm³/mol. The van der Waals surface area contributed by atoms with Crippen LogP contribution < -0.4 is 0 Å². The first-order valence-electron chi connectivity index (χ1n) is 5.07. The van der Waals surface area contributed by atoms with Crippen molar-refractivity contribution in [1.29, 1.82) is 0 Å². The van der Waals surface area contributed by atoms with Gasteiger partial charge in [-0.15, -0.1) is 12.3 Å². The lowest BCUT2D eigenvalue weighted by Crippen LogP contribution is -1.98. The van der Waals surface area contributed by atoms with Gasteiger partial charge in [-0.3, -0.25) is 0 Å². The Hall–Kier alpha value is -0.640. The summed E-state index contributed by atoms with van der Waals surface area (Å²) >= 11 is 12.0. The van der Waals surface area contributed by atoms with Crippen LogP contribution in [0.2, 0.25) is 10.0 Å². The van der Waals surface area contributed by atoms with Gasteiger partial charge in [0.2, 0.25) is 0 Å². The number of benzene rings is 1. The second-order valence-electron chi connectivity index (χ2n) is 3.56. The molecule has 0 spiro atoms. The summed E-state index contributed by atoms with van der Waals surface area (Å²) < 4.78 is 0. The van der Waals surface area contributed by atoms with Gasteiger partial charge >= 0.3 is 0 Å². The Balaban J connectivity index is 2.95.